The first-order chi connectivity index (χ1) is 7.54. The molecule has 84 valence electrons. The van der Waals surface area contributed by atoms with Gasteiger partial charge in [-0.15, -0.1) is 0 Å². The highest BCUT2D eigenvalue weighted by Gasteiger charge is 2.09. The molecule has 0 atom stereocenters. The van der Waals surface area contributed by atoms with Gasteiger partial charge < -0.3 is 4.74 Å². The van der Waals surface area contributed by atoms with Gasteiger partial charge in [0.1, 0.15) is 5.82 Å². The average Bonchev–Trinajstić information content (AvgIpc) is 2.28. The maximum atomic E-state index is 13.2. The van der Waals surface area contributed by atoms with E-state index in [1.807, 2.05) is 0 Å². The maximum absolute atomic E-state index is 13.2. The Morgan fingerprint density at radius 2 is 2.06 bits per heavy atom. The highest BCUT2D eigenvalue weighted by Crippen LogP contribution is 2.15. The smallest absolute Gasteiger partial charge is 0.330 e. The van der Waals surface area contributed by atoms with Crippen LogP contribution in [0.15, 0.2) is 30.4 Å². The number of allylic oxidation sites excluding steroid dienone is 1. The van der Waals surface area contributed by atoms with Crippen molar-refractivity contribution < 1.29 is 18.7 Å². The minimum Gasteiger partial charge on any atom is -0.466 e. The summed E-state index contributed by atoms with van der Waals surface area (Å²) in [5, 5.41) is 0.246. The molecule has 0 N–H and O–H groups in total. The van der Waals surface area contributed by atoms with E-state index in [2.05, 4.69) is 4.74 Å². The zero-order valence-electron chi connectivity index (χ0n) is 8.37. The third-order valence-electron chi connectivity index (χ3n) is 1.77. The minimum atomic E-state index is -0.691. The molecule has 16 heavy (non-hydrogen) atoms. The third-order valence-corrected chi connectivity index (χ3v) is 2.00. The normalized spacial score (nSPS) is 10.4. The summed E-state index contributed by atoms with van der Waals surface area (Å²) in [5.74, 6) is -2.02. The van der Waals surface area contributed by atoms with Crippen LogP contribution in [0.4, 0.5) is 4.39 Å². The van der Waals surface area contributed by atoms with Gasteiger partial charge in [0.2, 0.25) is 0 Å². The van der Waals surface area contributed by atoms with E-state index in [4.69, 9.17) is 11.6 Å². The molecular formula is C11H8ClFO3. The number of carbonyl (C=O) groups excluding carboxylic acids is 2. The molecule has 0 aliphatic heterocycles. The Kier molecular flexibility index (Phi) is 4.19. The fourth-order valence-electron chi connectivity index (χ4n) is 0.988. The molecule has 5 heteroatoms. The summed E-state index contributed by atoms with van der Waals surface area (Å²) in [6.45, 7) is 0. The molecule has 0 saturated carbocycles. The molecule has 0 radical (unpaired) electrons. The molecule has 0 bridgehead atoms. The van der Waals surface area contributed by atoms with E-state index >= 15 is 0 Å². The summed E-state index contributed by atoms with van der Waals surface area (Å²) >= 11 is 5.62. The number of halogens is 2. The highest BCUT2D eigenvalue weighted by atomic mass is 35.5. The van der Waals surface area contributed by atoms with E-state index < -0.39 is 17.6 Å². The van der Waals surface area contributed by atoms with Gasteiger partial charge in [-0.3, -0.25) is 4.79 Å². The SMILES string of the molecule is COC(=O)/C=C/C(=O)c1cc(Cl)ccc1F. The highest BCUT2D eigenvalue weighted by molar-refractivity contribution is 6.31. The van der Waals surface area contributed by atoms with Gasteiger partial charge in [0, 0.05) is 11.1 Å². The zero-order valence-corrected chi connectivity index (χ0v) is 9.12. The maximum Gasteiger partial charge on any atom is 0.330 e. The molecule has 0 spiro atoms. The van der Waals surface area contributed by atoms with Crippen molar-refractivity contribution >= 4 is 23.4 Å². The molecule has 0 unspecified atom stereocenters. The minimum absolute atomic E-state index is 0.187. The molecule has 1 rings (SSSR count). The van der Waals surface area contributed by atoms with Crippen LogP contribution in [-0.4, -0.2) is 18.9 Å². The van der Waals surface area contributed by atoms with Crippen molar-refractivity contribution in [1.29, 1.82) is 0 Å². The van der Waals surface area contributed by atoms with Crippen LogP contribution < -0.4 is 0 Å². The second-order valence-corrected chi connectivity index (χ2v) is 3.28. The standard InChI is InChI=1S/C11H8ClFO3/c1-16-11(15)5-4-10(14)8-6-7(12)2-3-9(8)13/h2-6H,1H3/b5-4+. The van der Waals surface area contributed by atoms with Gasteiger partial charge in [-0.05, 0) is 24.3 Å². The molecule has 1 aromatic rings. The van der Waals surface area contributed by atoms with Crippen molar-refractivity contribution in [3.63, 3.8) is 0 Å². The number of rotatable bonds is 3. The van der Waals surface area contributed by atoms with Crippen molar-refractivity contribution in [3.8, 4) is 0 Å². The first-order valence-corrected chi connectivity index (χ1v) is 4.68. The van der Waals surface area contributed by atoms with E-state index in [1.54, 1.807) is 0 Å². The average molecular weight is 243 g/mol. The molecule has 0 fully saturated rings. The predicted molar refractivity (Wildman–Crippen MR) is 56.9 cm³/mol. The van der Waals surface area contributed by atoms with E-state index in [9.17, 15) is 14.0 Å². The van der Waals surface area contributed by atoms with Gasteiger partial charge >= 0.3 is 5.97 Å². The number of ketones is 1. The van der Waals surface area contributed by atoms with Crippen molar-refractivity contribution in [1.82, 2.24) is 0 Å². The molecule has 0 heterocycles. The molecule has 3 nitrogen and oxygen atoms in total. The van der Waals surface area contributed by atoms with Gasteiger partial charge in [-0.1, -0.05) is 11.6 Å². The van der Waals surface area contributed by atoms with Crippen LogP contribution >= 0.6 is 11.6 Å². The van der Waals surface area contributed by atoms with Crippen molar-refractivity contribution in [3.05, 3.63) is 46.8 Å². The summed E-state index contributed by atoms with van der Waals surface area (Å²) < 4.78 is 17.5. The largest absolute Gasteiger partial charge is 0.466 e. The van der Waals surface area contributed by atoms with Crippen LogP contribution in [0.2, 0.25) is 5.02 Å². The Hall–Kier alpha value is -1.68. The van der Waals surface area contributed by atoms with Crippen LogP contribution in [0, 0.1) is 5.82 Å². The quantitative estimate of drug-likeness (QED) is 0.464. The molecule has 0 aliphatic carbocycles. The monoisotopic (exact) mass is 242 g/mol. The number of methoxy groups -OCH3 is 1. The van der Waals surface area contributed by atoms with E-state index in [0.717, 1.165) is 18.2 Å². The first-order valence-electron chi connectivity index (χ1n) is 4.30. The summed E-state index contributed by atoms with van der Waals surface area (Å²) in [6.07, 6.45) is 1.85. The Morgan fingerprint density at radius 3 is 2.69 bits per heavy atom. The number of carbonyl (C=O) groups is 2. The van der Waals surface area contributed by atoms with Gasteiger partial charge in [0.15, 0.2) is 5.78 Å². The lowest BCUT2D eigenvalue weighted by molar-refractivity contribution is -0.134. The number of esters is 1. The van der Waals surface area contributed by atoms with Crippen LogP contribution in [0.3, 0.4) is 0 Å². The summed E-state index contributed by atoms with van der Waals surface area (Å²) in [6, 6.07) is 3.61. The van der Waals surface area contributed by atoms with Crippen molar-refractivity contribution in [2.24, 2.45) is 0 Å². The summed E-state index contributed by atoms with van der Waals surface area (Å²) in [4.78, 5) is 22.2. The van der Waals surface area contributed by atoms with Gasteiger partial charge in [-0.2, -0.15) is 0 Å². The molecule has 0 saturated heterocycles. The third kappa shape index (κ3) is 3.17. The number of ether oxygens (including phenoxy) is 1. The lowest BCUT2D eigenvalue weighted by atomic mass is 10.1. The van der Waals surface area contributed by atoms with Crippen LogP contribution in [0.1, 0.15) is 10.4 Å². The Balaban J connectivity index is 2.92. The second-order valence-electron chi connectivity index (χ2n) is 2.84. The topological polar surface area (TPSA) is 43.4 Å². The second kappa shape index (κ2) is 5.42. The van der Waals surface area contributed by atoms with Gasteiger partial charge in [0.05, 0.1) is 12.7 Å². The van der Waals surface area contributed by atoms with Crippen molar-refractivity contribution in [2.45, 2.75) is 0 Å². The van der Waals surface area contributed by atoms with E-state index in [-0.39, 0.29) is 10.6 Å². The van der Waals surface area contributed by atoms with Gasteiger partial charge in [0.25, 0.3) is 0 Å². The number of hydrogen-bond acceptors (Lipinski definition) is 3. The molecule has 0 aliphatic rings. The number of hydrogen-bond donors (Lipinski definition) is 0. The van der Waals surface area contributed by atoms with Crippen molar-refractivity contribution in [2.75, 3.05) is 7.11 Å². The predicted octanol–water partition coefficient (Wildman–Crippen LogP) is 2.39. The van der Waals surface area contributed by atoms with E-state index in [1.165, 1.54) is 19.2 Å². The van der Waals surface area contributed by atoms with Crippen LogP contribution in [0.5, 0.6) is 0 Å². The molecule has 0 aromatic heterocycles. The fourth-order valence-corrected chi connectivity index (χ4v) is 1.16. The van der Waals surface area contributed by atoms with Gasteiger partial charge in [-0.25, -0.2) is 9.18 Å². The summed E-state index contributed by atoms with van der Waals surface area (Å²) in [5.41, 5.74) is -0.187. The Bertz CT molecular complexity index is 455. The number of benzene rings is 1. The fraction of sp³-hybridized carbons (Fsp3) is 0.0909. The zero-order chi connectivity index (χ0) is 12.1. The van der Waals surface area contributed by atoms with Crippen LogP contribution in [0.25, 0.3) is 0 Å². The Labute approximate surface area is 96.5 Å². The van der Waals surface area contributed by atoms with Crippen LogP contribution in [-0.2, 0) is 9.53 Å². The Morgan fingerprint density at radius 1 is 1.38 bits per heavy atom. The molecular weight excluding hydrogens is 235 g/mol. The molecule has 0 amide bonds. The lowest BCUT2D eigenvalue weighted by Crippen LogP contribution is -2.01. The first kappa shape index (κ1) is 12.4. The molecule has 1 aromatic carbocycles. The van der Waals surface area contributed by atoms with E-state index in [0.29, 0.717) is 0 Å². The lowest BCUT2D eigenvalue weighted by Gasteiger charge is -1.98. The summed E-state index contributed by atoms with van der Waals surface area (Å²) in [7, 11) is 1.18.